The van der Waals surface area contributed by atoms with Crippen molar-refractivity contribution in [3.8, 4) is 0 Å². The van der Waals surface area contributed by atoms with E-state index in [0.717, 1.165) is 6.42 Å². The summed E-state index contributed by atoms with van der Waals surface area (Å²) in [5, 5.41) is 0. The summed E-state index contributed by atoms with van der Waals surface area (Å²) in [6, 6.07) is 10.0. The lowest BCUT2D eigenvalue weighted by molar-refractivity contribution is -0.168. The molecule has 1 saturated heterocycles. The second kappa shape index (κ2) is 2.97. The first-order chi connectivity index (χ1) is 5.86. The third-order valence-corrected chi connectivity index (χ3v) is 2.09. The molecule has 0 aliphatic carbocycles. The number of carbonyl (C=O) groups excluding carboxylic acids is 1. The van der Waals surface area contributed by atoms with Crippen molar-refractivity contribution in [3.05, 3.63) is 35.9 Å². The second-order valence-electron chi connectivity index (χ2n) is 3.02. The van der Waals surface area contributed by atoms with Gasteiger partial charge in [0.1, 0.15) is 6.61 Å². The summed E-state index contributed by atoms with van der Waals surface area (Å²) < 4.78 is 4.68. The number of ether oxygens (including phenoxy) is 1. The number of cyclic esters (lactones) is 1. The smallest absolute Gasteiger partial charge is 0.312 e. The van der Waals surface area contributed by atoms with Crippen LogP contribution < -0.4 is 0 Å². The zero-order chi connectivity index (χ0) is 8.39. The van der Waals surface area contributed by atoms with Gasteiger partial charge >= 0.3 is 5.97 Å². The summed E-state index contributed by atoms with van der Waals surface area (Å²) in [6.45, 7) is 0.591. The van der Waals surface area contributed by atoms with Crippen LogP contribution in [0.2, 0.25) is 0 Å². The number of hydrogen-bond acceptors (Lipinski definition) is 2. The van der Waals surface area contributed by atoms with Crippen molar-refractivity contribution >= 4 is 5.97 Å². The van der Waals surface area contributed by atoms with Gasteiger partial charge in [0.15, 0.2) is 0 Å². The first kappa shape index (κ1) is 7.35. The Morgan fingerprint density at radius 1 is 1.33 bits per heavy atom. The third-order valence-electron chi connectivity index (χ3n) is 2.09. The monoisotopic (exact) mass is 162 g/mol. The Balaban J connectivity index is 2.00. The fraction of sp³-hybridized carbons (Fsp3) is 0.300. The van der Waals surface area contributed by atoms with Crippen LogP contribution in [-0.4, -0.2) is 12.6 Å². The average Bonchev–Trinajstić information content (AvgIpc) is 2.14. The molecule has 0 bridgehead atoms. The van der Waals surface area contributed by atoms with Crippen molar-refractivity contribution in [3.63, 3.8) is 0 Å². The van der Waals surface area contributed by atoms with Crippen molar-refractivity contribution in [2.45, 2.75) is 6.42 Å². The van der Waals surface area contributed by atoms with E-state index >= 15 is 0 Å². The minimum atomic E-state index is -0.0566. The number of benzene rings is 1. The number of hydrogen-bond donors (Lipinski definition) is 0. The van der Waals surface area contributed by atoms with Gasteiger partial charge in [0.2, 0.25) is 0 Å². The lowest BCUT2D eigenvalue weighted by atomic mass is 9.97. The molecule has 1 aromatic rings. The molecule has 62 valence electrons. The van der Waals surface area contributed by atoms with Crippen LogP contribution in [0.5, 0.6) is 0 Å². The van der Waals surface area contributed by atoms with E-state index in [-0.39, 0.29) is 11.9 Å². The van der Waals surface area contributed by atoms with E-state index in [9.17, 15) is 4.79 Å². The molecule has 0 amide bonds. The molecule has 1 heterocycles. The summed E-state index contributed by atoms with van der Waals surface area (Å²) in [4.78, 5) is 10.8. The number of carbonyl (C=O) groups is 1. The first-order valence-electron chi connectivity index (χ1n) is 4.07. The molecule has 0 saturated carbocycles. The fourth-order valence-electron chi connectivity index (χ4n) is 1.31. The summed E-state index contributed by atoms with van der Waals surface area (Å²) >= 11 is 0. The standard InChI is InChI=1S/C10H10O2/c11-10-9(7-12-10)6-8-4-2-1-3-5-8/h1-5,9H,6-7H2. The SMILES string of the molecule is O=C1OCC1Cc1ccccc1. The van der Waals surface area contributed by atoms with E-state index in [1.54, 1.807) is 0 Å². The zero-order valence-corrected chi connectivity index (χ0v) is 6.69. The quantitative estimate of drug-likeness (QED) is 0.614. The molecule has 1 aliphatic heterocycles. The molecule has 1 aromatic carbocycles. The molecule has 1 fully saturated rings. The largest absolute Gasteiger partial charge is 0.464 e. The van der Waals surface area contributed by atoms with Gasteiger partial charge in [-0.1, -0.05) is 30.3 Å². The predicted molar refractivity (Wildman–Crippen MR) is 44.6 cm³/mol. The molecule has 1 aliphatic rings. The molecule has 2 heteroatoms. The Labute approximate surface area is 71.2 Å². The van der Waals surface area contributed by atoms with E-state index in [1.165, 1.54) is 5.56 Å². The summed E-state index contributed by atoms with van der Waals surface area (Å²) in [5.74, 6) is 0.0475. The molecule has 0 spiro atoms. The zero-order valence-electron chi connectivity index (χ0n) is 6.69. The van der Waals surface area contributed by atoms with Gasteiger partial charge in [-0.15, -0.1) is 0 Å². The Morgan fingerprint density at radius 3 is 2.58 bits per heavy atom. The summed E-state index contributed by atoms with van der Waals surface area (Å²) in [6.07, 6.45) is 0.819. The molecule has 0 aromatic heterocycles. The lowest BCUT2D eigenvalue weighted by Gasteiger charge is -2.24. The van der Waals surface area contributed by atoms with E-state index in [1.807, 2.05) is 30.3 Å². The van der Waals surface area contributed by atoms with Crippen LogP contribution in [0.1, 0.15) is 5.56 Å². The third kappa shape index (κ3) is 1.33. The summed E-state index contributed by atoms with van der Waals surface area (Å²) in [7, 11) is 0. The van der Waals surface area contributed by atoms with Gasteiger partial charge in [-0.25, -0.2) is 0 Å². The molecule has 2 nitrogen and oxygen atoms in total. The van der Waals surface area contributed by atoms with Gasteiger partial charge in [0, 0.05) is 0 Å². The van der Waals surface area contributed by atoms with Gasteiger partial charge in [-0.2, -0.15) is 0 Å². The molecule has 2 rings (SSSR count). The molecular weight excluding hydrogens is 152 g/mol. The van der Waals surface area contributed by atoms with Crippen LogP contribution >= 0.6 is 0 Å². The highest BCUT2D eigenvalue weighted by Gasteiger charge is 2.30. The van der Waals surface area contributed by atoms with Crippen molar-refractivity contribution < 1.29 is 9.53 Å². The van der Waals surface area contributed by atoms with Crippen molar-refractivity contribution in [2.24, 2.45) is 5.92 Å². The maximum absolute atomic E-state index is 10.8. The van der Waals surface area contributed by atoms with Gasteiger partial charge < -0.3 is 4.74 Å². The van der Waals surface area contributed by atoms with E-state index in [4.69, 9.17) is 0 Å². The molecule has 1 atom stereocenters. The maximum atomic E-state index is 10.8. The van der Waals surface area contributed by atoms with E-state index in [0.29, 0.717) is 6.61 Å². The van der Waals surface area contributed by atoms with Crippen LogP contribution in [-0.2, 0) is 16.0 Å². The second-order valence-corrected chi connectivity index (χ2v) is 3.02. The van der Waals surface area contributed by atoms with Crippen molar-refractivity contribution in [1.29, 1.82) is 0 Å². The van der Waals surface area contributed by atoms with Gasteiger partial charge in [-0.3, -0.25) is 4.79 Å². The lowest BCUT2D eigenvalue weighted by Crippen LogP contribution is -2.35. The molecule has 1 unspecified atom stereocenters. The Kier molecular flexibility index (Phi) is 1.82. The van der Waals surface area contributed by atoms with Crippen LogP contribution in [0.4, 0.5) is 0 Å². The number of esters is 1. The first-order valence-corrected chi connectivity index (χ1v) is 4.07. The van der Waals surface area contributed by atoms with Crippen LogP contribution in [0.3, 0.4) is 0 Å². The van der Waals surface area contributed by atoms with Crippen LogP contribution in [0.15, 0.2) is 30.3 Å². The van der Waals surface area contributed by atoms with Crippen LogP contribution in [0.25, 0.3) is 0 Å². The minimum Gasteiger partial charge on any atom is -0.464 e. The van der Waals surface area contributed by atoms with Crippen molar-refractivity contribution in [1.82, 2.24) is 0 Å². The van der Waals surface area contributed by atoms with Gasteiger partial charge in [0.25, 0.3) is 0 Å². The van der Waals surface area contributed by atoms with Crippen molar-refractivity contribution in [2.75, 3.05) is 6.61 Å². The molecule has 0 N–H and O–H groups in total. The maximum Gasteiger partial charge on any atom is 0.312 e. The normalized spacial score (nSPS) is 21.3. The molecule has 12 heavy (non-hydrogen) atoms. The Bertz CT molecular complexity index is 279. The van der Waals surface area contributed by atoms with Gasteiger partial charge in [-0.05, 0) is 12.0 Å². The highest BCUT2D eigenvalue weighted by molar-refractivity contribution is 5.77. The van der Waals surface area contributed by atoms with E-state index in [2.05, 4.69) is 4.74 Å². The highest BCUT2D eigenvalue weighted by atomic mass is 16.6. The minimum absolute atomic E-state index is 0.0566. The topological polar surface area (TPSA) is 26.3 Å². The summed E-state index contributed by atoms with van der Waals surface area (Å²) in [5.41, 5.74) is 1.21. The molecule has 0 radical (unpaired) electrons. The van der Waals surface area contributed by atoms with E-state index < -0.39 is 0 Å². The predicted octanol–water partition coefficient (Wildman–Crippen LogP) is 1.40. The number of rotatable bonds is 2. The Hall–Kier alpha value is -1.31. The average molecular weight is 162 g/mol. The molecular formula is C10H10O2. The Morgan fingerprint density at radius 2 is 2.08 bits per heavy atom. The van der Waals surface area contributed by atoms with Gasteiger partial charge in [0.05, 0.1) is 5.92 Å². The highest BCUT2D eigenvalue weighted by Crippen LogP contribution is 2.17. The fourth-order valence-corrected chi connectivity index (χ4v) is 1.31. The van der Waals surface area contributed by atoms with Crippen LogP contribution in [0, 0.1) is 5.92 Å².